The van der Waals surface area contributed by atoms with Crippen LogP contribution in [0.5, 0.6) is 0 Å². The zero-order valence-electron chi connectivity index (χ0n) is 36.0. The molecule has 13 aromatic rings. The molecule has 0 atom stereocenters. The zero-order valence-corrected chi connectivity index (χ0v) is 36.0. The lowest BCUT2D eigenvalue weighted by molar-refractivity contribution is 1.32. The molecule has 0 aliphatic rings. The van der Waals surface area contributed by atoms with Gasteiger partial charge in [-0.3, -0.25) is 0 Å². The first-order valence-electron chi connectivity index (χ1n) is 22.6. The van der Waals surface area contributed by atoms with E-state index in [1.807, 2.05) is 6.07 Å². The Morgan fingerprint density at radius 3 is 1.09 bits per heavy atom. The second kappa shape index (κ2) is 15.5. The van der Waals surface area contributed by atoms with Gasteiger partial charge in [0.25, 0.3) is 0 Å². The minimum Gasteiger partial charge on any atom is -0.248 e. The standard InChI is InChI=1S/C64H40N2/c1-3-17-41(18-4-1)47-37-61(42-19-5-2-6-20-42)65-62(38-47)43-31-33-44(34-32-43)63-40-59(57-36-46-22-8-10-24-49(46)51-26-12-14-28-53(51)57)60-39-58(54-29-15-16-30-55(54)64(60)66-63)56-35-45-21-7-9-23-48(45)50-25-11-13-27-52(50)56/h1-40H. The first-order chi connectivity index (χ1) is 32.7. The normalized spacial score (nSPS) is 11.6. The van der Waals surface area contributed by atoms with Crippen molar-refractivity contribution in [2.45, 2.75) is 0 Å². The molecule has 2 nitrogen and oxygen atoms in total. The third-order valence-corrected chi connectivity index (χ3v) is 13.4. The van der Waals surface area contributed by atoms with Gasteiger partial charge in [0.15, 0.2) is 0 Å². The zero-order chi connectivity index (χ0) is 43.6. The van der Waals surface area contributed by atoms with Crippen LogP contribution in [-0.4, -0.2) is 9.97 Å². The molecule has 0 bridgehead atoms. The molecular formula is C64H40N2. The van der Waals surface area contributed by atoms with Gasteiger partial charge in [-0.15, -0.1) is 0 Å². The molecule has 66 heavy (non-hydrogen) atoms. The van der Waals surface area contributed by atoms with E-state index in [0.29, 0.717) is 0 Å². The molecule has 13 rings (SSSR count). The Labute approximate surface area is 382 Å². The van der Waals surface area contributed by atoms with Crippen LogP contribution in [0.4, 0.5) is 0 Å². The summed E-state index contributed by atoms with van der Waals surface area (Å²) in [6, 6.07) is 87.8. The molecule has 0 spiro atoms. The van der Waals surface area contributed by atoms with E-state index in [9.17, 15) is 0 Å². The highest BCUT2D eigenvalue weighted by atomic mass is 14.7. The molecule has 11 aromatic carbocycles. The number of hydrogen-bond donors (Lipinski definition) is 0. The number of hydrogen-bond acceptors (Lipinski definition) is 2. The summed E-state index contributed by atoms with van der Waals surface area (Å²) < 4.78 is 0. The van der Waals surface area contributed by atoms with E-state index >= 15 is 0 Å². The smallest absolute Gasteiger partial charge is 0.0794 e. The number of aromatic nitrogens is 2. The van der Waals surface area contributed by atoms with Crippen molar-refractivity contribution in [3.05, 3.63) is 243 Å². The van der Waals surface area contributed by atoms with E-state index in [2.05, 4.69) is 237 Å². The molecule has 2 heterocycles. The van der Waals surface area contributed by atoms with Crippen LogP contribution in [0, 0.1) is 0 Å². The highest BCUT2D eigenvalue weighted by Gasteiger charge is 2.20. The number of rotatable bonds is 6. The highest BCUT2D eigenvalue weighted by molar-refractivity contribution is 6.23. The van der Waals surface area contributed by atoms with E-state index in [0.717, 1.165) is 66.8 Å². The molecule has 0 saturated carbocycles. The molecule has 2 heteroatoms. The quantitative estimate of drug-likeness (QED) is 0.156. The third kappa shape index (κ3) is 6.34. The molecule has 306 valence electrons. The van der Waals surface area contributed by atoms with Crippen molar-refractivity contribution in [2.24, 2.45) is 0 Å². The summed E-state index contributed by atoms with van der Waals surface area (Å²) in [5, 5.41) is 13.3. The van der Waals surface area contributed by atoms with Crippen molar-refractivity contribution in [2.75, 3.05) is 0 Å². The van der Waals surface area contributed by atoms with Crippen LogP contribution in [0.1, 0.15) is 0 Å². The van der Waals surface area contributed by atoms with Crippen LogP contribution in [0.2, 0.25) is 0 Å². The average molecular weight is 837 g/mol. The van der Waals surface area contributed by atoms with Gasteiger partial charge in [-0.05, 0) is 118 Å². The third-order valence-electron chi connectivity index (χ3n) is 13.4. The number of pyridine rings is 2. The van der Waals surface area contributed by atoms with E-state index < -0.39 is 0 Å². The minimum absolute atomic E-state index is 0.923. The molecule has 0 amide bonds. The molecule has 0 N–H and O–H groups in total. The van der Waals surface area contributed by atoms with Crippen molar-refractivity contribution in [3.63, 3.8) is 0 Å². The maximum atomic E-state index is 5.64. The summed E-state index contributed by atoms with van der Waals surface area (Å²) in [4.78, 5) is 10.9. The van der Waals surface area contributed by atoms with Crippen LogP contribution in [-0.2, 0) is 0 Å². The van der Waals surface area contributed by atoms with E-state index in [-0.39, 0.29) is 0 Å². The van der Waals surface area contributed by atoms with E-state index in [4.69, 9.17) is 9.97 Å². The van der Waals surface area contributed by atoms with Crippen molar-refractivity contribution in [1.29, 1.82) is 0 Å². The topological polar surface area (TPSA) is 25.8 Å². The van der Waals surface area contributed by atoms with E-state index in [1.54, 1.807) is 0 Å². The fourth-order valence-corrected chi connectivity index (χ4v) is 10.2. The molecule has 0 fully saturated rings. The number of nitrogens with zero attached hydrogens (tertiary/aromatic N) is 2. The van der Waals surface area contributed by atoms with Crippen molar-refractivity contribution in [3.8, 4) is 67.2 Å². The van der Waals surface area contributed by atoms with Crippen molar-refractivity contribution < 1.29 is 0 Å². The van der Waals surface area contributed by atoms with Crippen LogP contribution >= 0.6 is 0 Å². The van der Waals surface area contributed by atoms with Gasteiger partial charge in [-0.25, -0.2) is 9.97 Å². The Bertz CT molecular complexity index is 3970. The SMILES string of the molecule is c1ccc(-c2cc(-c3ccccc3)nc(-c3ccc(-c4cc(-c5cc6ccccc6c6ccccc56)c5cc(-c6cc7ccccc7c7ccccc67)c6ccccc6c5n4)cc3)c2)cc1. The number of fused-ring (bicyclic) bond motifs is 9. The van der Waals surface area contributed by atoms with Gasteiger partial charge in [-0.2, -0.15) is 0 Å². The number of benzene rings is 11. The average Bonchev–Trinajstić information content (AvgIpc) is 3.40. The fourth-order valence-electron chi connectivity index (χ4n) is 10.2. The summed E-state index contributed by atoms with van der Waals surface area (Å²) in [6.07, 6.45) is 0. The van der Waals surface area contributed by atoms with Crippen molar-refractivity contribution in [1.82, 2.24) is 9.97 Å². The molecule has 0 aliphatic heterocycles. The fraction of sp³-hybridized carbons (Fsp3) is 0. The summed E-state index contributed by atoms with van der Waals surface area (Å²) in [5.74, 6) is 0. The van der Waals surface area contributed by atoms with Crippen LogP contribution in [0.25, 0.3) is 132 Å². The first kappa shape index (κ1) is 37.8. The Balaban J connectivity index is 1.06. The van der Waals surface area contributed by atoms with E-state index in [1.165, 1.54) is 65.2 Å². The lowest BCUT2D eigenvalue weighted by Crippen LogP contribution is -1.95. The van der Waals surface area contributed by atoms with Crippen molar-refractivity contribution >= 4 is 64.8 Å². The summed E-state index contributed by atoms with van der Waals surface area (Å²) >= 11 is 0. The summed E-state index contributed by atoms with van der Waals surface area (Å²) in [6.45, 7) is 0. The maximum Gasteiger partial charge on any atom is 0.0794 e. The molecule has 2 aromatic heterocycles. The Hall–Kier alpha value is -8.72. The Morgan fingerprint density at radius 1 is 0.197 bits per heavy atom. The van der Waals surface area contributed by atoms with Gasteiger partial charge < -0.3 is 0 Å². The molecular weight excluding hydrogens is 797 g/mol. The Kier molecular flexibility index (Phi) is 8.89. The monoisotopic (exact) mass is 836 g/mol. The molecule has 0 radical (unpaired) electrons. The Morgan fingerprint density at radius 2 is 0.561 bits per heavy atom. The second-order valence-corrected chi connectivity index (χ2v) is 17.2. The molecule has 0 saturated heterocycles. The minimum atomic E-state index is 0.923. The molecule has 0 aliphatic carbocycles. The van der Waals surface area contributed by atoms with Gasteiger partial charge in [0, 0.05) is 27.5 Å². The first-order valence-corrected chi connectivity index (χ1v) is 22.6. The van der Waals surface area contributed by atoms with Gasteiger partial charge in [0.05, 0.1) is 22.6 Å². The van der Waals surface area contributed by atoms with Gasteiger partial charge in [0.1, 0.15) is 0 Å². The maximum absolute atomic E-state index is 5.64. The molecule has 0 unspecified atom stereocenters. The van der Waals surface area contributed by atoms with Crippen LogP contribution < -0.4 is 0 Å². The predicted molar refractivity (Wildman–Crippen MR) is 280 cm³/mol. The predicted octanol–water partition coefficient (Wildman–Crippen LogP) is 17.4. The van der Waals surface area contributed by atoms with Gasteiger partial charge >= 0.3 is 0 Å². The van der Waals surface area contributed by atoms with Gasteiger partial charge in [-0.1, -0.05) is 206 Å². The lowest BCUT2D eigenvalue weighted by Gasteiger charge is -2.19. The largest absolute Gasteiger partial charge is 0.248 e. The van der Waals surface area contributed by atoms with Crippen LogP contribution in [0.15, 0.2) is 243 Å². The summed E-state index contributed by atoms with van der Waals surface area (Å²) in [5.41, 5.74) is 14.0. The van der Waals surface area contributed by atoms with Crippen LogP contribution in [0.3, 0.4) is 0 Å². The van der Waals surface area contributed by atoms with Gasteiger partial charge in [0.2, 0.25) is 0 Å². The second-order valence-electron chi connectivity index (χ2n) is 17.2. The highest BCUT2D eigenvalue weighted by Crippen LogP contribution is 2.45. The summed E-state index contributed by atoms with van der Waals surface area (Å²) in [7, 11) is 0. The lowest BCUT2D eigenvalue weighted by atomic mass is 9.86.